The van der Waals surface area contributed by atoms with Crippen molar-refractivity contribution < 1.29 is 4.79 Å². The van der Waals surface area contributed by atoms with Gasteiger partial charge in [-0.2, -0.15) is 0 Å². The van der Waals surface area contributed by atoms with Crippen molar-refractivity contribution in [2.45, 2.75) is 19.4 Å². The lowest BCUT2D eigenvalue weighted by Crippen LogP contribution is -2.37. The average Bonchev–Trinajstić information content (AvgIpc) is 2.49. The zero-order chi connectivity index (χ0) is 9.14. The Labute approximate surface area is 72.9 Å². The molecule has 1 fully saturated rings. The predicted molar refractivity (Wildman–Crippen MR) is 47.4 cm³/mol. The highest BCUT2D eigenvalue weighted by Gasteiger charge is 2.25. The number of hydrogen-bond acceptors (Lipinski definition) is 3. The van der Waals surface area contributed by atoms with Crippen molar-refractivity contribution in [2.75, 3.05) is 19.6 Å². The van der Waals surface area contributed by atoms with Gasteiger partial charge >= 0.3 is 0 Å². The molecule has 0 aliphatic carbocycles. The number of nitrogens with zero attached hydrogens (tertiary/aromatic N) is 1. The summed E-state index contributed by atoms with van der Waals surface area (Å²) in [7, 11) is 0. The Bertz CT molecular complexity index is 172. The highest BCUT2D eigenvalue weighted by molar-refractivity contribution is 5.79. The minimum absolute atomic E-state index is 0.0599. The number of nitrogens with two attached hydrogens (primary N) is 2. The van der Waals surface area contributed by atoms with Crippen molar-refractivity contribution in [3.05, 3.63) is 0 Å². The summed E-state index contributed by atoms with van der Waals surface area (Å²) < 4.78 is 0. The molecule has 0 saturated carbocycles. The van der Waals surface area contributed by atoms with E-state index in [4.69, 9.17) is 11.5 Å². The lowest BCUT2D eigenvalue weighted by Gasteiger charge is -2.19. The maximum atomic E-state index is 11.5. The topological polar surface area (TPSA) is 72.4 Å². The van der Waals surface area contributed by atoms with Crippen LogP contribution in [0.4, 0.5) is 0 Å². The van der Waals surface area contributed by atoms with Gasteiger partial charge in [-0.3, -0.25) is 4.79 Å². The summed E-state index contributed by atoms with van der Waals surface area (Å²) >= 11 is 0. The van der Waals surface area contributed by atoms with Gasteiger partial charge in [0.2, 0.25) is 5.91 Å². The standard InChI is InChI=1S/C8H17N3O/c1-6(4-9)8(12)11-3-2-7(10)5-11/h6-7H,2-5,9-10H2,1H3. The second kappa shape index (κ2) is 3.87. The maximum Gasteiger partial charge on any atom is 0.226 e. The largest absolute Gasteiger partial charge is 0.341 e. The van der Waals surface area contributed by atoms with Gasteiger partial charge in [0.25, 0.3) is 0 Å². The molecule has 1 heterocycles. The van der Waals surface area contributed by atoms with Gasteiger partial charge in [0, 0.05) is 31.6 Å². The van der Waals surface area contributed by atoms with Gasteiger partial charge in [-0.25, -0.2) is 0 Å². The maximum absolute atomic E-state index is 11.5. The summed E-state index contributed by atoms with van der Waals surface area (Å²) in [4.78, 5) is 13.3. The first-order valence-electron chi connectivity index (χ1n) is 4.39. The van der Waals surface area contributed by atoms with E-state index in [-0.39, 0.29) is 17.9 Å². The fourth-order valence-corrected chi connectivity index (χ4v) is 1.40. The molecule has 0 aromatic carbocycles. The summed E-state index contributed by atoms with van der Waals surface area (Å²) in [6, 6.07) is 0.166. The van der Waals surface area contributed by atoms with Crippen LogP contribution in [0.1, 0.15) is 13.3 Å². The van der Waals surface area contributed by atoms with E-state index in [1.54, 1.807) is 0 Å². The third-order valence-electron chi connectivity index (χ3n) is 2.31. The first-order chi connectivity index (χ1) is 5.65. The molecule has 4 N–H and O–H groups in total. The van der Waals surface area contributed by atoms with Crippen molar-refractivity contribution in [3.63, 3.8) is 0 Å². The van der Waals surface area contributed by atoms with E-state index in [1.807, 2.05) is 11.8 Å². The second-order valence-corrected chi connectivity index (χ2v) is 3.47. The summed E-state index contributed by atoms with van der Waals surface area (Å²) in [5, 5.41) is 0. The molecule has 1 saturated heterocycles. The molecule has 2 unspecified atom stereocenters. The van der Waals surface area contributed by atoms with Gasteiger partial charge in [-0.1, -0.05) is 6.92 Å². The highest BCUT2D eigenvalue weighted by Crippen LogP contribution is 2.10. The Morgan fingerprint density at radius 1 is 1.75 bits per heavy atom. The van der Waals surface area contributed by atoms with Crippen molar-refractivity contribution in [1.82, 2.24) is 4.90 Å². The van der Waals surface area contributed by atoms with E-state index in [0.717, 1.165) is 13.0 Å². The van der Waals surface area contributed by atoms with Crippen LogP contribution >= 0.6 is 0 Å². The van der Waals surface area contributed by atoms with Crippen LogP contribution in [-0.2, 0) is 4.79 Å². The molecule has 4 heteroatoms. The Hall–Kier alpha value is -0.610. The molecule has 0 radical (unpaired) electrons. The molecule has 2 atom stereocenters. The molecule has 4 nitrogen and oxygen atoms in total. The van der Waals surface area contributed by atoms with Crippen LogP contribution in [0.25, 0.3) is 0 Å². The molecule has 1 rings (SSSR count). The average molecular weight is 171 g/mol. The minimum atomic E-state index is -0.0599. The van der Waals surface area contributed by atoms with Gasteiger partial charge in [0.15, 0.2) is 0 Å². The number of hydrogen-bond donors (Lipinski definition) is 2. The van der Waals surface area contributed by atoms with E-state index >= 15 is 0 Å². The van der Waals surface area contributed by atoms with Crippen molar-refractivity contribution in [3.8, 4) is 0 Å². The van der Waals surface area contributed by atoms with E-state index in [9.17, 15) is 4.79 Å². The predicted octanol–water partition coefficient (Wildman–Crippen LogP) is -0.859. The smallest absolute Gasteiger partial charge is 0.226 e. The Kier molecular flexibility index (Phi) is 3.05. The zero-order valence-electron chi connectivity index (χ0n) is 7.49. The molecule has 1 aliphatic rings. The number of amides is 1. The van der Waals surface area contributed by atoms with Crippen molar-refractivity contribution in [1.29, 1.82) is 0 Å². The minimum Gasteiger partial charge on any atom is -0.341 e. The number of carbonyl (C=O) groups is 1. The molecule has 0 bridgehead atoms. The third-order valence-corrected chi connectivity index (χ3v) is 2.31. The number of likely N-dealkylation sites (tertiary alicyclic amines) is 1. The van der Waals surface area contributed by atoms with Crippen LogP contribution < -0.4 is 11.5 Å². The molecule has 0 spiro atoms. The number of carbonyl (C=O) groups excluding carboxylic acids is 1. The molecular weight excluding hydrogens is 154 g/mol. The molecule has 0 aromatic rings. The van der Waals surface area contributed by atoms with Gasteiger partial charge < -0.3 is 16.4 Å². The van der Waals surface area contributed by atoms with E-state index in [1.165, 1.54) is 0 Å². The Morgan fingerprint density at radius 2 is 2.42 bits per heavy atom. The van der Waals surface area contributed by atoms with Crippen LogP contribution in [-0.4, -0.2) is 36.5 Å². The van der Waals surface area contributed by atoms with Crippen LogP contribution in [0, 0.1) is 5.92 Å². The summed E-state index contributed by atoms with van der Waals surface area (Å²) in [6.45, 7) is 3.77. The fraction of sp³-hybridized carbons (Fsp3) is 0.875. The number of rotatable bonds is 2. The Balaban J connectivity index is 2.43. The van der Waals surface area contributed by atoms with Crippen LogP contribution in [0.3, 0.4) is 0 Å². The second-order valence-electron chi connectivity index (χ2n) is 3.47. The lowest BCUT2D eigenvalue weighted by atomic mass is 10.1. The fourth-order valence-electron chi connectivity index (χ4n) is 1.40. The van der Waals surface area contributed by atoms with Crippen molar-refractivity contribution in [2.24, 2.45) is 17.4 Å². The highest BCUT2D eigenvalue weighted by atomic mass is 16.2. The van der Waals surface area contributed by atoms with Crippen LogP contribution in [0.5, 0.6) is 0 Å². The monoisotopic (exact) mass is 171 g/mol. The van der Waals surface area contributed by atoms with Gasteiger partial charge in [0.1, 0.15) is 0 Å². The van der Waals surface area contributed by atoms with E-state index < -0.39 is 0 Å². The van der Waals surface area contributed by atoms with Gasteiger partial charge in [-0.15, -0.1) is 0 Å². The van der Waals surface area contributed by atoms with Crippen LogP contribution in [0.15, 0.2) is 0 Å². The first-order valence-corrected chi connectivity index (χ1v) is 4.39. The molecule has 70 valence electrons. The third kappa shape index (κ3) is 1.95. The van der Waals surface area contributed by atoms with Gasteiger partial charge in [-0.05, 0) is 6.42 Å². The molecule has 1 aliphatic heterocycles. The summed E-state index contributed by atoms with van der Waals surface area (Å²) in [5.41, 5.74) is 11.1. The van der Waals surface area contributed by atoms with E-state index in [2.05, 4.69) is 0 Å². The zero-order valence-corrected chi connectivity index (χ0v) is 7.49. The Morgan fingerprint density at radius 3 is 2.83 bits per heavy atom. The first kappa shape index (κ1) is 9.48. The SMILES string of the molecule is CC(CN)C(=O)N1CCC(N)C1. The van der Waals surface area contributed by atoms with E-state index in [0.29, 0.717) is 13.1 Å². The van der Waals surface area contributed by atoms with Gasteiger partial charge in [0.05, 0.1) is 0 Å². The quantitative estimate of drug-likeness (QED) is 0.568. The van der Waals surface area contributed by atoms with Crippen molar-refractivity contribution >= 4 is 5.91 Å². The summed E-state index contributed by atoms with van der Waals surface area (Å²) in [5.74, 6) is 0.0840. The molecule has 12 heavy (non-hydrogen) atoms. The molecule has 1 amide bonds. The molecule has 0 aromatic heterocycles. The summed E-state index contributed by atoms with van der Waals surface area (Å²) in [6.07, 6.45) is 0.920. The lowest BCUT2D eigenvalue weighted by molar-refractivity contribution is -0.133. The normalized spacial score (nSPS) is 25.9. The molecular formula is C8H17N3O. The van der Waals surface area contributed by atoms with Crippen LogP contribution in [0.2, 0.25) is 0 Å².